The first kappa shape index (κ1) is 13.8. The average Bonchev–Trinajstić information content (AvgIpc) is 2.98. The Morgan fingerprint density at radius 1 is 1.37 bits per heavy atom. The second-order valence-electron chi connectivity index (χ2n) is 4.99. The number of allylic oxidation sites excluding steroid dienone is 2. The van der Waals surface area contributed by atoms with Crippen LogP contribution in [0.15, 0.2) is 24.8 Å². The van der Waals surface area contributed by atoms with Crippen LogP contribution in [-0.4, -0.2) is 36.7 Å². The summed E-state index contributed by atoms with van der Waals surface area (Å²) in [7, 11) is 0. The molecule has 4 atom stereocenters. The van der Waals surface area contributed by atoms with E-state index in [0.717, 1.165) is 6.42 Å². The molecule has 0 spiro atoms. The van der Waals surface area contributed by atoms with Crippen LogP contribution in [0.25, 0.3) is 0 Å². The number of aliphatic carboxylic acids is 1. The number of carboxylic acid groups (broad SMARTS) is 1. The first-order chi connectivity index (χ1) is 9.15. The van der Waals surface area contributed by atoms with E-state index in [1.54, 1.807) is 6.08 Å². The van der Waals surface area contributed by atoms with Gasteiger partial charge in [0.25, 0.3) is 0 Å². The summed E-state index contributed by atoms with van der Waals surface area (Å²) in [5, 5.41) is 12.0. The maximum atomic E-state index is 12.1. The third-order valence-corrected chi connectivity index (χ3v) is 3.83. The molecule has 2 N–H and O–H groups in total. The Morgan fingerprint density at radius 2 is 2.05 bits per heavy atom. The van der Waals surface area contributed by atoms with Gasteiger partial charge in [-0.25, -0.2) is 0 Å². The van der Waals surface area contributed by atoms with Gasteiger partial charge in [0, 0.05) is 6.54 Å². The van der Waals surface area contributed by atoms with E-state index in [9.17, 15) is 14.7 Å². The van der Waals surface area contributed by atoms with E-state index >= 15 is 0 Å². The summed E-state index contributed by atoms with van der Waals surface area (Å²) >= 11 is 0. The van der Waals surface area contributed by atoms with Crippen molar-refractivity contribution < 1.29 is 19.4 Å². The van der Waals surface area contributed by atoms with Gasteiger partial charge in [-0.2, -0.15) is 0 Å². The van der Waals surface area contributed by atoms with Crippen LogP contribution in [0.3, 0.4) is 0 Å². The molecule has 104 valence electrons. The van der Waals surface area contributed by atoms with Crippen molar-refractivity contribution in [2.45, 2.75) is 6.42 Å². The lowest BCUT2D eigenvalue weighted by Crippen LogP contribution is -2.41. The van der Waals surface area contributed by atoms with Gasteiger partial charge in [0.1, 0.15) is 0 Å². The lowest BCUT2D eigenvalue weighted by molar-refractivity contribution is -0.147. The predicted molar refractivity (Wildman–Crippen MR) is 69.4 cm³/mol. The van der Waals surface area contributed by atoms with Gasteiger partial charge in [-0.05, 0) is 18.3 Å². The Labute approximate surface area is 112 Å². The zero-order valence-electron chi connectivity index (χ0n) is 10.7. The Morgan fingerprint density at radius 3 is 2.68 bits per heavy atom. The van der Waals surface area contributed by atoms with Crippen LogP contribution in [0.4, 0.5) is 0 Å². The molecule has 0 saturated heterocycles. The van der Waals surface area contributed by atoms with E-state index in [0.29, 0.717) is 19.8 Å². The summed E-state index contributed by atoms with van der Waals surface area (Å²) in [5.74, 6) is -1.99. The zero-order chi connectivity index (χ0) is 13.8. The smallest absolute Gasteiger partial charge is 0.307 e. The molecule has 0 radical (unpaired) electrons. The summed E-state index contributed by atoms with van der Waals surface area (Å²) in [5.41, 5.74) is 0. The summed E-state index contributed by atoms with van der Waals surface area (Å²) in [6, 6.07) is 0. The lowest BCUT2D eigenvalue weighted by atomic mass is 9.82. The van der Waals surface area contributed by atoms with Gasteiger partial charge in [0.05, 0.1) is 25.0 Å². The Kier molecular flexibility index (Phi) is 4.37. The number of fused-ring (bicyclic) bond motifs is 2. The third-order valence-electron chi connectivity index (χ3n) is 3.83. The molecule has 0 aliphatic heterocycles. The standard InChI is InChI=1S/C14H19NO4/c1-2-6-19-7-5-15-13(16)11-9-3-4-10(8-9)12(11)14(17)18/h2-4,9-12H,1,5-8H2,(H,15,16)(H,17,18). The minimum Gasteiger partial charge on any atom is -0.481 e. The normalized spacial score (nSPS) is 31.4. The van der Waals surface area contributed by atoms with Gasteiger partial charge in [0.2, 0.25) is 5.91 Å². The highest BCUT2D eigenvalue weighted by Gasteiger charge is 2.51. The Hall–Kier alpha value is -1.62. The SMILES string of the molecule is C=CCOCCNC(=O)C1C2C=CC(C2)C1C(=O)O. The van der Waals surface area contributed by atoms with E-state index in [-0.39, 0.29) is 17.7 Å². The molecule has 19 heavy (non-hydrogen) atoms. The van der Waals surface area contributed by atoms with Crippen molar-refractivity contribution in [3.63, 3.8) is 0 Å². The fourth-order valence-electron chi connectivity index (χ4n) is 3.05. The molecule has 0 heterocycles. The monoisotopic (exact) mass is 265 g/mol. The molecular weight excluding hydrogens is 246 g/mol. The Bertz CT molecular complexity index is 404. The van der Waals surface area contributed by atoms with Crippen molar-refractivity contribution in [1.82, 2.24) is 5.32 Å². The molecule has 0 aromatic heterocycles. The number of amides is 1. The summed E-state index contributed by atoms with van der Waals surface area (Å²) in [6.07, 6.45) is 6.33. The average molecular weight is 265 g/mol. The maximum Gasteiger partial charge on any atom is 0.307 e. The molecule has 4 unspecified atom stereocenters. The number of hydrogen-bond acceptors (Lipinski definition) is 3. The molecule has 1 amide bonds. The number of carbonyl (C=O) groups is 2. The number of nitrogens with one attached hydrogen (secondary N) is 1. The van der Waals surface area contributed by atoms with Crippen LogP contribution >= 0.6 is 0 Å². The first-order valence-electron chi connectivity index (χ1n) is 6.52. The van der Waals surface area contributed by atoms with Crippen molar-refractivity contribution in [1.29, 1.82) is 0 Å². The van der Waals surface area contributed by atoms with E-state index in [4.69, 9.17) is 4.74 Å². The molecule has 0 aromatic carbocycles. The highest BCUT2D eigenvalue weighted by atomic mass is 16.5. The molecule has 0 aromatic rings. The molecule has 1 saturated carbocycles. The summed E-state index contributed by atoms with van der Waals surface area (Å²) in [4.78, 5) is 23.4. The molecule has 5 nitrogen and oxygen atoms in total. The van der Waals surface area contributed by atoms with Crippen LogP contribution in [0.5, 0.6) is 0 Å². The third kappa shape index (κ3) is 2.87. The second kappa shape index (κ2) is 6.02. The molecule has 2 bridgehead atoms. The molecule has 2 rings (SSSR count). The quantitative estimate of drug-likeness (QED) is 0.528. The minimum absolute atomic E-state index is 0.00951. The fourth-order valence-corrected chi connectivity index (χ4v) is 3.05. The molecular formula is C14H19NO4. The van der Waals surface area contributed by atoms with Crippen molar-refractivity contribution >= 4 is 11.9 Å². The molecule has 5 heteroatoms. The molecule has 1 fully saturated rings. The molecule has 2 aliphatic rings. The van der Waals surface area contributed by atoms with Crippen LogP contribution < -0.4 is 5.32 Å². The van der Waals surface area contributed by atoms with Gasteiger partial charge in [-0.15, -0.1) is 6.58 Å². The van der Waals surface area contributed by atoms with Gasteiger partial charge in [0.15, 0.2) is 0 Å². The van der Waals surface area contributed by atoms with E-state index in [1.165, 1.54) is 0 Å². The van der Waals surface area contributed by atoms with Crippen LogP contribution in [0.1, 0.15) is 6.42 Å². The molecule has 2 aliphatic carbocycles. The van der Waals surface area contributed by atoms with Gasteiger partial charge < -0.3 is 15.2 Å². The van der Waals surface area contributed by atoms with Gasteiger partial charge in [-0.3, -0.25) is 9.59 Å². The predicted octanol–water partition coefficient (Wildman–Crippen LogP) is 0.828. The van der Waals surface area contributed by atoms with E-state index < -0.39 is 17.8 Å². The van der Waals surface area contributed by atoms with Crippen molar-refractivity contribution in [3.8, 4) is 0 Å². The second-order valence-corrected chi connectivity index (χ2v) is 4.99. The van der Waals surface area contributed by atoms with Crippen molar-refractivity contribution in [2.24, 2.45) is 23.7 Å². The van der Waals surface area contributed by atoms with Gasteiger partial charge in [-0.1, -0.05) is 18.2 Å². The van der Waals surface area contributed by atoms with Crippen molar-refractivity contribution in [3.05, 3.63) is 24.8 Å². The number of carboxylic acids is 1. The van der Waals surface area contributed by atoms with Crippen molar-refractivity contribution in [2.75, 3.05) is 19.8 Å². The highest BCUT2D eigenvalue weighted by Crippen LogP contribution is 2.48. The topological polar surface area (TPSA) is 75.6 Å². The summed E-state index contributed by atoms with van der Waals surface area (Å²) < 4.78 is 5.17. The fraction of sp³-hybridized carbons (Fsp3) is 0.571. The van der Waals surface area contributed by atoms with Crippen LogP contribution in [0.2, 0.25) is 0 Å². The number of ether oxygens (including phenoxy) is 1. The Balaban J connectivity index is 1.86. The summed E-state index contributed by atoms with van der Waals surface area (Å²) in [6.45, 7) is 4.78. The van der Waals surface area contributed by atoms with Crippen LogP contribution in [0, 0.1) is 23.7 Å². The van der Waals surface area contributed by atoms with E-state index in [1.807, 2.05) is 12.2 Å². The first-order valence-corrected chi connectivity index (χ1v) is 6.52. The number of carbonyl (C=O) groups excluding carboxylic acids is 1. The number of rotatable bonds is 7. The zero-order valence-corrected chi connectivity index (χ0v) is 10.7. The van der Waals surface area contributed by atoms with E-state index in [2.05, 4.69) is 11.9 Å². The van der Waals surface area contributed by atoms with Crippen LogP contribution in [-0.2, 0) is 14.3 Å². The minimum atomic E-state index is -0.875. The number of hydrogen-bond donors (Lipinski definition) is 2. The van der Waals surface area contributed by atoms with Gasteiger partial charge >= 0.3 is 5.97 Å². The maximum absolute atomic E-state index is 12.1. The lowest BCUT2D eigenvalue weighted by Gasteiger charge is -2.23. The highest BCUT2D eigenvalue weighted by molar-refractivity contribution is 5.86. The largest absolute Gasteiger partial charge is 0.481 e.